The molecule has 1 heterocycles. The highest BCUT2D eigenvalue weighted by atomic mass is 16.5. The molecule has 1 aromatic carbocycles. The van der Waals surface area contributed by atoms with E-state index >= 15 is 0 Å². The van der Waals surface area contributed by atoms with Crippen LogP contribution in [0.1, 0.15) is 18.9 Å². The Kier molecular flexibility index (Phi) is 11.2. The van der Waals surface area contributed by atoms with Crippen molar-refractivity contribution < 1.29 is 28.7 Å². The summed E-state index contributed by atoms with van der Waals surface area (Å²) in [6.07, 6.45) is 3.44. The van der Waals surface area contributed by atoms with Gasteiger partial charge in [0.05, 0.1) is 13.2 Å². The summed E-state index contributed by atoms with van der Waals surface area (Å²) in [5.74, 6) is -2.94. The van der Waals surface area contributed by atoms with Crippen LogP contribution in [0.15, 0.2) is 42.5 Å². The van der Waals surface area contributed by atoms with Gasteiger partial charge in [-0.15, -0.1) is 0 Å². The number of hydrazine groups is 1. The van der Waals surface area contributed by atoms with Crippen molar-refractivity contribution in [3.8, 4) is 0 Å². The molecule has 0 saturated carbocycles. The maximum absolute atomic E-state index is 12.5. The highest BCUT2D eigenvalue weighted by Crippen LogP contribution is 2.01. The van der Waals surface area contributed by atoms with E-state index < -0.39 is 42.2 Å². The number of nitrogens with zero attached hydrogens (tertiary/aromatic N) is 2. The maximum Gasteiger partial charge on any atom is 0.318 e. The summed E-state index contributed by atoms with van der Waals surface area (Å²) in [5.41, 5.74) is 8.58. The third kappa shape index (κ3) is 10.3. The van der Waals surface area contributed by atoms with Gasteiger partial charge >= 0.3 is 6.03 Å². The molecular weight excluding hydrogens is 456 g/mol. The molecule has 0 radical (unpaired) electrons. The second-order valence-electron chi connectivity index (χ2n) is 7.85. The molecule has 1 aliphatic heterocycles. The minimum absolute atomic E-state index is 0.394. The van der Waals surface area contributed by atoms with Crippen molar-refractivity contribution in [2.75, 3.05) is 39.4 Å². The third-order valence-electron chi connectivity index (χ3n) is 5.02. The molecule has 1 aliphatic rings. The van der Waals surface area contributed by atoms with E-state index in [0.29, 0.717) is 37.9 Å². The van der Waals surface area contributed by atoms with Gasteiger partial charge in [0.25, 0.3) is 11.8 Å². The Bertz CT molecular complexity index is 916. The molecule has 1 fully saturated rings. The van der Waals surface area contributed by atoms with E-state index in [4.69, 9.17) is 10.5 Å². The fraction of sp³-hybridized carbons (Fsp3) is 0.435. The standard InChI is InChI=1S/C23H32N6O6/c1-17(26-23(34)28-12-14-35-15-13-28)22(33)27-29(16-19(24)30)21(32)10-9-20(31)25-11-5-8-18-6-3-2-4-7-18/h2-4,6-7,9-10,17H,5,8,11-16H2,1H3,(H2,24,30)(H,25,31)(H,26,34)(H,27,33)/b10-9+/t17-/m0/s1. The molecule has 1 atom stereocenters. The van der Waals surface area contributed by atoms with Crippen LogP contribution < -0.4 is 21.8 Å². The van der Waals surface area contributed by atoms with Crippen LogP contribution >= 0.6 is 0 Å². The molecule has 0 spiro atoms. The monoisotopic (exact) mass is 488 g/mol. The summed E-state index contributed by atoms with van der Waals surface area (Å²) in [4.78, 5) is 62.0. The SMILES string of the molecule is C[C@H](NC(=O)N1CCOCC1)C(=O)NN(CC(N)=O)C(=O)/C=C/C(=O)NCCCc1ccccc1. The predicted molar refractivity (Wildman–Crippen MR) is 126 cm³/mol. The molecule has 1 saturated heterocycles. The molecule has 190 valence electrons. The summed E-state index contributed by atoms with van der Waals surface area (Å²) < 4.78 is 5.18. The minimum atomic E-state index is -1.01. The lowest BCUT2D eigenvalue weighted by Crippen LogP contribution is -2.57. The number of nitrogens with two attached hydrogens (primary N) is 1. The Morgan fingerprint density at radius 1 is 1.11 bits per heavy atom. The number of carbonyl (C=O) groups is 5. The van der Waals surface area contributed by atoms with Crippen molar-refractivity contribution in [1.82, 2.24) is 26.0 Å². The summed E-state index contributed by atoms with van der Waals surface area (Å²) in [5, 5.41) is 5.87. The number of rotatable bonds is 10. The van der Waals surface area contributed by atoms with E-state index in [-0.39, 0.29) is 0 Å². The van der Waals surface area contributed by atoms with Crippen LogP contribution in [-0.4, -0.2) is 85.0 Å². The van der Waals surface area contributed by atoms with Gasteiger partial charge in [0.2, 0.25) is 11.8 Å². The first-order chi connectivity index (χ1) is 16.8. The van der Waals surface area contributed by atoms with Gasteiger partial charge in [-0.25, -0.2) is 9.80 Å². The van der Waals surface area contributed by atoms with Crippen molar-refractivity contribution in [2.24, 2.45) is 5.73 Å². The Labute approximate surface area is 203 Å². The second-order valence-corrected chi connectivity index (χ2v) is 7.85. The van der Waals surface area contributed by atoms with Crippen LogP contribution in [0.25, 0.3) is 0 Å². The van der Waals surface area contributed by atoms with Crippen molar-refractivity contribution >= 4 is 29.7 Å². The second kappa shape index (κ2) is 14.4. The molecule has 2 rings (SSSR count). The van der Waals surface area contributed by atoms with Gasteiger partial charge in [-0.1, -0.05) is 30.3 Å². The van der Waals surface area contributed by atoms with E-state index in [1.54, 1.807) is 0 Å². The Morgan fingerprint density at radius 2 is 1.80 bits per heavy atom. The molecule has 6 amide bonds. The molecular formula is C23H32N6O6. The molecule has 1 aromatic rings. The molecule has 0 aromatic heterocycles. The number of hydrogen-bond donors (Lipinski definition) is 4. The number of nitrogens with one attached hydrogen (secondary N) is 3. The number of primary amides is 1. The first-order valence-corrected chi connectivity index (χ1v) is 11.3. The van der Waals surface area contributed by atoms with Gasteiger partial charge in [0.15, 0.2) is 0 Å². The molecule has 35 heavy (non-hydrogen) atoms. The molecule has 0 aliphatic carbocycles. The molecule has 0 bridgehead atoms. The number of ether oxygens (including phenoxy) is 1. The Balaban J connectivity index is 1.81. The number of urea groups is 1. The van der Waals surface area contributed by atoms with Crippen LogP contribution in [-0.2, 0) is 30.3 Å². The Hall–Kier alpha value is -3.93. The van der Waals surface area contributed by atoms with E-state index in [9.17, 15) is 24.0 Å². The van der Waals surface area contributed by atoms with Crippen LogP contribution in [0, 0.1) is 0 Å². The van der Waals surface area contributed by atoms with E-state index in [0.717, 1.165) is 30.6 Å². The van der Waals surface area contributed by atoms with Crippen LogP contribution in [0.5, 0.6) is 0 Å². The average molecular weight is 489 g/mol. The van der Waals surface area contributed by atoms with Gasteiger partial charge < -0.3 is 26.0 Å². The highest BCUT2D eigenvalue weighted by molar-refractivity contribution is 5.99. The smallest absolute Gasteiger partial charge is 0.318 e. The number of aryl methyl sites for hydroxylation is 1. The molecule has 5 N–H and O–H groups in total. The van der Waals surface area contributed by atoms with Crippen molar-refractivity contribution in [1.29, 1.82) is 0 Å². The van der Waals surface area contributed by atoms with Crippen molar-refractivity contribution in [2.45, 2.75) is 25.8 Å². The lowest BCUT2D eigenvalue weighted by Gasteiger charge is -2.29. The minimum Gasteiger partial charge on any atom is -0.378 e. The molecule has 12 nitrogen and oxygen atoms in total. The van der Waals surface area contributed by atoms with Gasteiger partial charge in [-0.3, -0.25) is 24.6 Å². The fourth-order valence-corrected chi connectivity index (χ4v) is 3.11. The molecule has 12 heteroatoms. The number of carbonyl (C=O) groups excluding carboxylic acids is 5. The zero-order valence-electron chi connectivity index (χ0n) is 19.7. The Morgan fingerprint density at radius 3 is 2.46 bits per heavy atom. The fourth-order valence-electron chi connectivity index (χ4n) is 3.11. The quantitative estimate of drug-likeness (QED) is 0.189. The van der Waals surface area contributed by atoms with Gasteiger partial charge in [0.1, 0.15) is 12.6 Å². The van der Waals surface area contributed by atoms with Gasteiger partial charge in [0, 0.05) is 31.8 Å². The van der Waals surface area contributed by atoms with Crippen molar-refractivity contribution in [3.63, 3.8) is 0 Å². The summed E-state index contributed by atoms with van der Waals surface area (Å²) in [6.45, 7) is 2.83. The summed E-state index contributed by atoms with van der Waals surface area (Å²) >= 11 is 0. The van der Waals surface area contributed by atoms with E-state index in [2.05, 4.69) is 16.1 Å². The summed E-state index contributed by atoms with van der Waals surface area (Å²) in [6, 6.07) is 8.35. The first-order valence-electron chi connectivity index (χ1n) is 11.3. The average Bonchev–Trinajstić information content (AvgIpc) is 2.85. The molecule has 0 unspecified atom stereocenters. The third-order valence-corrected chi connectivity index (χ3v) is 5.02. The van der Waals surface area contributed by atoms with Gasteiger partial charge in [-0.2, -0.15) is 0 Å². The predicted octanol–water partition coefficient (Wildman–Crippen LogP) is -0.933. The number of morpholine rings is 1. The normalized spacial score (nSPS) is 14.1. The maximum atomic E-state index is 12.5. The van der Waals surface area contributed by atoms with Crippen LogP contribution in [0.3, 0.4) is 0 Å². The van der Waals surface area contributed by atoms with E-state index in [1.165, 1.54) is 11.8 Å². The zero-order valence-corrected chi connectivity index (χ0v) is 19.7. The van der Waals surface area contributed by atoms with Crippen molar-refractivity contribution in [3.05, 3.63) is 48.0 Å². The van der Waals surface area contributed by atoms with Gasteiger partial charge in [-0.05, 0) is 25.3 Å². The first kappa shape index (κ1) is 27.3. The number of hydrogen-bond acceptors (Lipinski definition) is 6. The van der Waals surface area contributed by atoms with E-state index in [1.807, 2.05) is 30.3 Å². The highest BCUT2D eigenvalue weighted by Gasteiger charge is 2.24. The van der Waals surface area contributed by atoms with Crippen LogP contribution in [0.4, 0.5) is 4.79 Å². The topological polar surface area (TPSA) is 163 Å². The van der Waals surface area contributed by atoms with Crippen LogP contribution in [0.2, 0.25) is 0 Å². The lowest BCUT2D eigenvalue weighted by atomic mass is 10.1. The largest absolute Gasteiger partial charge is 0.378 e. The number of benzene rings is 1. The number of amides is 6. The zero-order chi connectivity index (χ0) is 25.6. The lowest BCUT2D eigenvalue weighted by molar-refractivity contribution is -0.141. The summed E-state index contributed by atoms with van der Waals surface area (Å²) in [7, 11) is 0.